The number of nitrogens with zero attached hydrogens (tertiary/aromatic N) is 1. The van der Waals surface area contributed by atoms with Crippen molar-refractivity contribution in [1.29, 1.82) is 0 Å². The highest BCUT2D eigenvalue weighted by atomic mass is 16.2. The summed E-state index contributed by atoms with van der Waals surface area (Å²) in [6, 6.07) is 5.87. The molecule has 4 nitrogen and oxygen atoms in total. The molecular weight excluding hydrogens is 264 g/mol. The summed E-state index contributed by atoms with van der Waals surface area (Å²) in [5.74, 6) is 0.224. The van der Waals surface area contributed by atoms with Crippen LogP contribution < -0.4 is 5.32 Å². The summed E-state index contributed by atoms with van der Waals surface area (Å²) in [5.41, 5.74) is 2.35. The van der Waals surface area contributed by atoms with E-state index in [-0.39, 0.29) is 11.8 Å². The predicted molar refractivity (Wildman–Crippen MR) is 82.2 cm³/mol. The van der Waals surface area contributed by atoms with Crippen LogP contribution in [0.1, 0.15) is 44.2 Å². The van der Waals surface area contributed by atoms with Gasteiger partial charge in [-0.15, -0.1) is 0 Å². The van der Waals surface area contributed by atoms with E-state index < -0.39 is 5.41 Å². The molecule has 0 aromatic heterocycles. The first-order valence-electron chi connectivity index (χ1n) is 7.71. The lowest BCUT2D eigenvalue weighted by molar-refractivity contribution is -0.131. The fourth-order valence-corrected chi connectivity index (χ4v) is 3.16. The number of nitrogens with one attached hydrogen (secondary N) is 1. The summed E-state index contributed by atoms with van der Waals surface area (Å²) in [7, 11) is 0. The van der Waals surface area contributed by atoms with Crippen LogP contribution >= 0.6 is 0 Å². The number of anilines is 1. The lowest BCUT2D eigenvalue weighted by Crippen LogP contribution is -2.36. The zero-order valence-corrected chi connectivity index (χ0v) is 12.7. The Morgan fingerprint density at radius 3 is 2.67 bits per heavy atom. The smallest absolute Gasteiger partial charge is 0.234 e. The monoisotopic (exact) mass is 286 g/mol. The average molecular weight is 286 g/mol. The number of rotatable bonds is 2. The lowest BCUT2D eigenvalue weighted by atomic mass is 9.85. The SMILES string of the molecule is CC1(C)C(=O)Nc2ccc(CC(=O)N3CCCCC3)cc21. The van der Waals surface area contributed by atoms with Gasteiger partial charge in [-0.25, -0.2) is 0 Å². The number of likely N-dealkylation sites (tertiary alicyclic amines) is 1. The number of fused-ring (bicyclic) bond motifs is 1. The number of hydrogen-bond donors (Lipinski definition) is 1. The van der Waals surface area contributed by atoms with Gasteiger partial charge in [-0.05, 0) is 50.3 Å². The Labute approximate surface area is 125 Å². The molecule has 1 N–H and O–H groups in total. The molecule has 0 atom stereocenters. The van der Waals surface area contributed by atoms with Crippen LogP contribution in [0.25, 0.3) is 0 Å². The highest BCUT2D eigenvalue weighted by Crippen LogP contribution is 2.37. The van der Waals surface area contributed by atoms with E-state index in [0.717, 1.165) is 42.7 Å². The van der Waals surface area contributed by atoms with Crippen molar-refractivity contribution < 1.29 is 9.59 Å². The van der Waals surface area contributed by atoms with Crippen molar-refractivity contribution in [2.45, 2.75) is 44.9 Å². The number of carbonyl (C=O) groups is 2. The molecule has 0 saturated carbocycles. The van der Waals surface area contributed by atoms with Crippen molar-refractivity contribution in [2.75, 3.05) is 18.4 Å². The third kappa shape index (κ3) is 2.55. The van der Waals surface area contributed by atoms with E-state index in [1.807, 2.05) is 36.9 Å². The van der Waals surface area contributed by atoms with Gasteiger partial charge in [0.15, 0.2) is 0 Å². The van der Waals surface area contributed by atoms with Gasteiger partial charge in [-0.2, -0.15) is 0 Å². The zero-order chi connectivity index (χ0) is 15.0. The minimum atomic E-state index is -0.514. The Hall–Kier alpha value is -1.84. The van der Waals surface area contributed by atoms with Crippen LogP contribution in [0.15, 0.2) is 18.2 Å². The molecule has 0 radical (unpaired) electrons. The molecule has 2 aliphatic rings. The van der Waals surface area contributed by atoms with Crippen LogP contribution in [0.2, 0.25) is 0 Å². The number of piperidine rings is 1. The summed E-state index contributed by atoms with van der Waals surface area (Å²) in [4.78, 5) is 26.2. The van der Waals surface area contributed by atoms with E-state index >= 15 is 0 Å². The summed E-state index contributed by atoms with van der Waals surface area (Å²) >= 11 is 0. The first-order chi connectivity index (χ1) is 9.98. The molecule has 0 spiro atoms. The molecule has 4 heteroatoms. The van der Waals surface area contributed by atoms with E-state index in [1.54, 1.807) is 0 Å². The van der Waals surface area contributed by atoms with E-state index in [9.17, 15) is 9.59 Å². The van der Waals surface area contributed by atoms with E-state index in [2.05, 4.69) is 5.32 Å². The largest absolute Gasteiger partial charge is 0.342 e. The highest BCUT2D eigenvalue weighted by molar-refractivity contribution is 6.05. The Morgan fingerprint density at radius 2 is 1.95 bits per heavy atom. The summed E-state index contributed by atoms with van der Waals surface area (Å²) in [6.07, 6.45) is 3.88. The van der Waals surface area contributed by atoms with Gasteiger partial charge < -0.3 is 10.2 Å². The number of hydrogen-bond acceptors (Lipinski definition) is 2. The van der Waals surface area contributed by atoms with E-state index in [1.165, 1.54) is 6.42 Å². The van der Waals surface area contributed by atoms with Crippen LogP contribution in [0.5, 0.6) is 0 Å². The summed E-state index contributed by atoms with van der Waals surface area (Å²) < 4.78 is 0. The Kier molecular flexibility index (Phi) is 3.47. The molecule has 112 valence electrons. The summed E-state index contributed by atoms with van der Waals surface area (Å²) in [5, 5.41) is 2.90. The van der Waals surface area contributed by atoms with Crippen LogP contribution in [-0.4, -0.2) is 29.8 Å². The maximum absolute atomic E-state index is 12.3. The molecular formula is C17H22N2O2. The van der Waals surface area contributed by atoms with Crippen LogP contribution in [0.4, 0.5) is 5.69 Å². The third-order valence-electron chi connectivity index (χ3n) is 4.64. The van der Waals surface area contributed by atoms with Crippen molar-refractivity contribution in [3.05, 3.63) is 29.3 Å². The Morgan fingerprint density at radius 1 is 1.24 bits per heavy atom. The van der Waals surface area contributed by atoms with Gasteiger partial charge in [0.05, 0.1) is 11.8 Å². The van der Waals surface area contributed by atoms with Gasteiger partial charge >= 0.3 is 0 Å². The van der Waals surface area contributed by atoms with Gasteiger partial charge in [0, 0.05) is 18.8 Å². The van der Waals surface area contributed by atoms with Crippen molar-refractivity contribution in [2.24, 2.45) is 0 Å². The number of amides is 2. The molecule has 2 amide bonds. The molecule has 3 rings (SSSR count). The second-order valence-electron chi connectivity index (χ2n) is 6.58. The number of carbonyl (C=O) groups excluding carboxylic acids is 2. The molecule has 1 saturated heterocycles. The molecule has 1 aromatic rings. The van der Waals surface area contributed by atoms with Gasteiger partial charge in [0.1, 0.15) is 0 Å². The van der Waals surface area contributed by atoms with Gasteiger partial charge in [0.25, 0.3) is 0 Å². The van der Waals surface area contributed by atoms with E-state index in [4.69, 9.17) is 0 Å². The van der Waals surface area contributed by atoms with Crippen molar-refractivity contribution in [1.82, 2.24) is 4.90 Å². The Bertz CT molecular complexity index is 586. The minimum Gasteiger partial charge on any atom is -0.342 e. The van der Waals surface area contributed by atoms with Crippen LogP contribution in [-0.2, 0) is 21.4 Å². The standard InChI is InChI=1S/C17H22N2O2/c1-17(2)13-10-12(6-7-14(13)18-16(17)21)11-15(20)19-8-4-3-5-9-19/h6-7,10H,3-5,8-9,11H2,1-2H3,(H,18,21). The third-order valence-corrected chi connectivity index (χ3v) is 4.64. The fourth-order valence-electron chi connectivity index (χ4n) is 3.16. The Balaban J connectivity index is 1.77. The zero-order valence-electron chi connectivity index (χ0n) is 12.7. The molecule has 2 heterocycles. The molecule has 1 aromatic carbocycles. The maximum atomic E-state index is 12.3. The van der Waals surface area contributed by atoms with E-state index in [0.29, 0.717) is 6.42 Å². The fraction of sp³-hybridized carbons (Fsp3) is 0.529. The van der Waals surface area contributed by atoms with Crippen molar-refractivity contribution >= 4 is 17.5 Å². The average Bonchev–Trinajstić information content (AvgIpc) is 2.70. The first-order valence-corrected chi connectivity index (χ1v) is 7.71. The highest BCUT2D eigenvalue weighted by Gasteiger charge is 2.38. The molecule has 0 bridgehead atoms. The molecule has 0 unspecified atom stereocenters. The lowest BCUT2D eigenvalue weighted by Gasteiger charge is -2.27. The number of benzene rings is 1. The van der Waals surface area contributed by atoms with Gasteiger partial charge in [-0.1, -0.05) is 12.1 Å². The minimum absolute atomic E-state index is 0.0250. The van der Waals surface area contributed by atoms with Gasteiger partial charge in [-0.3, -0.25) is 9.59 Å². The molecule has 21 heavy (non-hydrogen) atoms. The quantitative estimate of drug-likeness (QED) is 0.908. The van der Waals surface area contributed by atoms with Crippen LogP contribution in [0, 0.1) is 0 Å². The molecule has 1 fully saturated rings. The van der Waals surface area contributed by atoms with Crippen molar-refractivity contribution in [3.63, 3.8) is 0 Å². The first kappa shape index (κ1) is 14.1. The van der Waals surface area contributed by atoms with Crippen molar-refractivity contribution in [3.8, 4) is 0 Å². The van der Waals surface area contributed by atoms with Gasteiger partial charge in [0.2, 0.25) is 11.8 Å². The second kappa shape index (κ2) is 5.17. The normalized spacial score (nSPS) is 20.1. The second-order valence-corrected chi connectivity index (χ2v) is 6.58. The van der Waals surface area contributed by atoms with Crippen LogP contribution in [0.3, 0.4) is 0 Å². The predicted octanol–water partition coefficient (Wildman–Crippen LogP) is 2.47. The molecule has 2 aliphatic heterocycles. The topological polar surface area (TPSA) is 49.4 Å². The summed E-state index contributed by atoms with van der Waals surface area (Å²) in [6.45, 7) is 5.61. The maximum Gasteiger partial charge on any atom is 0.234 e. The molecule has 0 aliphatic carbocycles.